The van der Waals surface area contributed by atoms with Crippen LogP contribution >= 0.6 is 0 Å². The maximum atomic E-state index is 13.2. The van der Waals surface area contributed by atoms with Crippen LogP contribution in [0.2, 0.25) is 0 Å². The zero-order valence-electron chi connectivity index (χ0n) is 15.8. The third-order valence-electron chi connectivity index (χ3n) is 4.27. The SMILES string of the molecule is Cc1cc(C(C)(C)C)cc(C)c1S(=O)N(CCF)Cc1ccccc1. The molecule has 0 aliphatic carbocycles. The molecule has 0 saturated carbocycles. The second-order valence-electron chi connectivity index (χ2n) is 7.48. The molecule has 0 radical (unpaired) electrons. The first-order valence-corrected chi connectivity index (χ1v) is 9.73. The van der Waals surface area contributed by atoms with E-state index in [2.05, 4.69) is 32.9 Å². The summed E-state index contributed by atoms with van der Waals surface area (Å²) < 4.78 is 28.0. The third-order valence-corrected chi connectivity index (χ3v) is 6.05. The smallest absolute Gasteiger partial charge is 0.128 e. The van der Waals surface area contributed by atoms with Crippen LogP contribution in [-0.2, 0) is 22.9 Å². The highest BCUT2D eigenvalue weighted by molar-refractivity contribution is 7.82. The summed E-state index contributed by atoms with van der Waals surface area (Å²) in [7, 11) is -1.39. The Morgan fingerprint density at radius 2 is 1.60 bits per heavy atom. The van der Waals surface area contributed by atoms with Gasteiger partial charge >= 0.3 is 0 Å². The molecule has 1 atom stereocenters. The molecular formula is C21H28FNOS. The lowest BCUT2D eigenvalue weighted by molar-refractivity contribution is 0.369. The van der Waals surface area contributed by atoms with Crippen molar-refractivity contribution in [3.63, 3.8) is 0 Å². The predicted molar refractivity (Wildman–Crippen MR) is 104 cm³/mol. The molecular weight excluding hydrogens is 333 g/mol. The number of rotatable bonds is 6. The Morgan fingerprint density at radius 1 is 1.04 bits per heavy atom. The van der Waals surface area contributed by atoms with Crippen LogP contribution in [0.5, 0.6) is 0 Å². The lowest BCUT2D eigenvalue weighted by Gasteiger charge is -2.25. The summed E-state index contributed by atoms with van der Waals surface area (Å²) in [6, 6.07) is 14.0. The van der Waals surface area contributed by atoms with Crippen LogP contribution in [0.3, 0.4) is 0 Å². The highest BCUT2D eigenvalue weighted by Crippen LogP contribution is 2.29. The first-order valence-electron chi connectivity index (χ1n) is 8.62. The van der Waals surface area contributed by atoms with E-state index in [9.17, 15) is 8.60 Å². The van der Waals surface area contributed by atoms with Crippen LogP contribution in [0.15, 0.2) is 47.4 Å². The minimum atomic E-state index is -1.39. The molecule has 0 fully saturated rings. The molecule has 0 aliphatic rings. The molecule has 1 unspecified atom stereocenters. The number of aryl methyl sites for hydroxylation is 2. The monoisotopic (exact) mass is 361 g/mol. The Labute approximate surface area is 153 Å². The molecule has 0 spiro atoms. The lowest BCUT2D eigenvalue weighted by Crippen LogP contribution is -2.29. The van der Waals surface area contributed by atoms with E-state index in [-0.39, 0.29) is 12.0 Å². The largest absolute Gasteiger partial charge is 0.250 e. The van der Waals surface area contributed by atoms with Gasteiger partial charge in [0, 0.05) is 13.1 Å². The molecule has 0 saturated heterocycles. The highest BCUT2D eigenvalue weighted by Gasteiger charge is 2.22. The molecule has 136 valence electrons. The van der Waals surface area contributed by atoms with Gasteiger partial charge in [0.15, 0.2) is 0 Å². The van der Waals surface area contributed by atoms with Crippen LogP contribution in [0.25, 0.3) is 0 Å². The predicted octanol–water partition coefficient (Wildman–Crippen LogP) is 5.10. The Kier molecular flexibility index (Phi) is 6.53. The zero-order chi connectivity index (χ0) is 18.6. The van der Waals surface area contributed by atoms with Gasteiger partial charge in [0.2, 0.25) is 0 Å². The Bertz CT molecular complexity index is 714. The number of hydrogen-bond donors (Lipinski definition) is 0. The Morgan fingerprint density at radius 3 is 2.08 bits per heavy atom. The van der Waals surface area contributed by atoms with Crippen molar-refractivity contribution >= 4 is 11.0 Å². The van der Waals surface area contributed by atoms with Crippen LogP contribution in [0, 0.1) is 13.8 Å². The molecule has 0 bridgehead atoms. The van der Waals surface area contributed by atoms with Gasteiger partial charge in [-0.15, -0.1) is 0 Å². The van der Waals surface area contributed by atoms with Crippen molar-refractivity contribution < 1.29 is 8.60 Å². The van der Waals surface area contributed by atoms with Crippen molar-refractivity contribution in [1.29, 1.82) is 0 Å². The minimum absolute atomic E-state index is 0.0399. The summed E-state index contributed by atoms with van der Waals surface area (Å²) >= 11 is 0. The number of halogens is 1. The van der Waals surface area contributed by atoms with Gasteiger partial charge in [-0.25, -0.2) is 12.9 Å². The van der Waals surface area contributed by atoms with E-state index in [0.29, 0.717) is 6.54 Å². The topological polar surface area (TPSA) is 20.3 Å². The summed E-state index contributed by atoms with van der Waals surface area (Å²) in [6.45, 7) is 10.6. The van der Waals surface area contributed by atoms with E-state index in [1.54, 1.807) is 4.31 Å². The second-order valence-corrected chi connectivity index (χ2v) is 8.90. The molecule has 0 heterocycles. The summed E-state index contributed by atoms with van der Waals surface area (Å²) in [5.41, 5.74) is 4.30. The van der Waals surface area contributed by atoms with Gasteiger partial charge in [0.1, 0.15) is 17.7 Å². The lowest BCUT2D eigenvalue weighted by atomic mass is 9.85. The highest BCUT2D eigenvalue weighted by atomic mass is 32.2. The molecule has 0 amide bonds. The number of benzene rings is 2. The minimum Gasteiger partial charge on any atom is -0.250 e. The van der Waals surface area contributed by atoms with Crippen LogP contribution in [0.4, 0.5) is 4.39 Å². The van der Waals surface area contributed by atoms with Crippen LogP contribution in [-0.4, -0.2) is 21.7 Å². The van der Waals surface area contributed by atoms with Crippen molar-refractivity contribution in [3.05, 3.63) is 64.7 Å². The van der Waals surface area contributed by atoms with Gasteiger partial charge in [0.05, 0.1) is 4.90 Å². The fraction of sp³-hybridized carbons (Fsp3) is 0.429. The third kappa shape index (κ3) is 4.99. The molecule has 0 N–H and O–H groups in total. The van der Waals surface area contributed by atoms with E-state index < -0.39 is 17.7 Å². The average Bonchev–Trinajstić information content (AvgIpc) is 2.53. The molecule has 2 aromatic rings. The van der Waals surface area contributed by atoms with Crippen LogP contribution in [0.1, 0.15) is 43.0 Å². The van der Waals surface area contributed by atoms with Gasteiger partial charge in [-0.1, -0.05) is 63.2 Å². The van der Waals surface area contributed by atoms with Crippen LogP contribution < -0.4 is 0 Å². The Hall–Kier alpha value is -1.52. The van der Waals surface area contributed by atoms with Gasteiger partial charge in [-0.3, -0.25) is 0 Å². The zero-order valence-corrected chi connectivity index (χ0v) is 16.6. The first kappa shape index (κ1) is 19.8. The second kappa shape index (κ2) is 8.24. The maximum Gasteiger partial charge on any atom is 0.128 e. The molecule has 0 aromatic heterocycles. The van der Waals surface area contributed by atoms with Crippen molar-refractivity contribution in [1.82, 2.24) is 4.31 Å². The van der Waals surface area contributed by atoms with Gasteiger partial charge in [-0.2, -0.15) is 0 Å². The number of nitrogens with zero attached hydrogens (tertiary/aromatic N) is 1. The van der Waals surface area contributed by atoms with E-state index in [1.165, 1.54) is 5.56 Å². The fourth-order valence-electron chi connectivity index (χ4n) is 2.89. The van der Waals surface area contributed by atoms with Gasteiger partial charge < -0.3 is 0 Å². The molecule has 0 aliphatic heterocycles. The normalized spacial score (nSPS) is 13.2. The van der Waals surface area contributed by atoms with E-state index >= 15 is 0 Å². The van der Waals surface area contributed by atoms with E-state index in [4.69, 9.17) is 0 Å². The standard InChI is InChI=1S/C21H28FNOS/c1-16-13-19(21(3,4)5)14-17(2)20(16)25(24)23(12-11-22)15-18-9-7-6-8-10-18/h6-10,13-14H,11-12,15H2,1-5H3. The molecule has 2 aromatic carbocycles. The maximum absolute atomic E-state index is 13.2. The molecule has 2 nitrogen and oxygen atoms in total. The average molecular weight is 362 g/mol. The number of alkyl halides is 1. The molecule has 2 rings (SSSR count). The Balaban J connectivity index is 2.36. The van der Waals surface area contributed by atoms with Crippen molar-refractivity contribution in [2.75, 3.05) is 13.2 Å². The fourth-order valence-corrected chi connectivity index (χ4v) is 4.32. The van der Waals surface area contributed by atoms with Crippen molar-refractivity contribution in [3.8, 4) is 0 Å². The summed E-state index contributed by atoms with van der Waals surface area (Å²) in [5.74, 6) is 0. The van der Waals surface area contributed by atoms with E-state index in [1.807, 2.05) is 44.2 Å². The summed E-state index contributed by atoms with van der Waals surface area (Å²) in [4.78, 5) is 0.803. The molecule has 25 heavy (non-hydrogen) atoms. The molecule has 4 heteroatoms. The van der Waals surface area contributed by atoms with Gasteiger partial charge in [0.25, 0.3) is 0 Å². The first-order chi connectivity index (χ1) is 11.7. The summed E-state index contributed by atoms with van der Waals surface area (Å²) in [5, 5.41) is 0. The number of hydrogen-bond acceptors (Lipinski definition) is 1. The quantitative estimate of drug-likeness (QED) is 0.701. The van der Waals surface area contributed by atoms with Crippen molar-refractivity contribution in [2.24, 2.45) is 0 Å². The van der Waals surface area contributed by atoms with Crippen molar-refractivity contribution in [2.45, 2.75) is 51.5 Å². The van der Waals surface area contributed by atoms with Gasteiger partial charge in [-0.05, 0) is 41.5 Å². The van der Waals surface area contributed by atoms with E-state index in [0.717, 1.165) is 21.6 Å². The summed E-state index contributed by atoms with van der Waals surface area (Å²) in [6.07, 6.45) is 0.